The number of nitrogens with one attached hydrogen (secondary N) is 1. The van der Waals surface area contributed by atoms with Crippen LogP contribution in [0.2, 0.25) is 0 Å². The standard InChI is InChI=1S/C30H36FN3O5S/c1-21(2)18-32-30(36)23(4)33(19-24-12-14-25(31)15-13-24)29(35)20-34(27-8-6-7-9-28(27)39-5)40(37,38)26-16-10-22(3)11-17-26/h6-17,21,23H,18-20H2,1-5H3,(H,32,36)/t23-/m1/s1. The van der Waals surface area contributed by atoms with Gasteiger partial charge in [0.1, 0.15) is 24.2 Å². The molecule has 0 fully saturated rings. The number of hydrogen-bond donors (Lipinski definition) is 1. The molecule has 0 bridgehead atoms. The minimum absolute atomic E-state index is 0.00427. The molecular weight excluding hydrogens is 533 g/mol. The molecule has 0 spiro atoms. The van der Waals surface area contributed by atoms with E-state index in [9.17, 15) is 22.4 Å². The van der Waals surface area contributed by atoms with Gasteiger partial charge in [-0.3, -0.25) is 13.9 Å². The highest BCUT2D eigenvalue weighted by Gasteiger charge is 2.33. The van der Waals surface area contributed by atoms with Crippen molar-refractivity contribution in [1.29, 1.82) is 0 Å². The number of rotatable bonds is 12. The van der Waals surface area contributed by atoms with E-state index >= 15 is 0 Å². The maximum absolute atomic E-state index is 13.9. The van der Waals surface area contributed by atoms with E-state index in [1.54, 1.807) is 43.3 Å². The van der Waals surface area contributed by atoms with Gasteiger partial charge >= 0.3 is 0 Å². The van der Waals surface area contributed by atoms with E-state index in [4.69, 9.17) is 4.74 Å². The van der Waals surface area contributed by atoms with Crippen molar-refractivity contribution in [1.82, 2.24) is 10.2 Å². The van der Waals surface area contributed by atoms with Gasteiger partial charge in [-0.05, 0) is 61.7 Å². The Morgan fingerprint density at radius 2 is 1.57 bits per heavy atom. The Morgan fingerprint density at radius 3 is 2.17 bits per heavy atom. The number of aryl methyl sites for hydroxylation is 1. The molecule has 0 aliphatic carbocycles. The van der Waals surface area contributed by atoms with Crippen LogP contribution in [0.1, 0.15) is 31.9 Å². The second-order valence-electron chi connectivity index (χ2n) is 9.96. The smallest absolute Gasteiger partial charge is 0.264 e. The summed E-state index contributed by atoms with van der Waals surface area (Å²) >= 11 is 0. The van der Waals surface area contributed by atoms with Crippen LogP contribution >= 0.6 is 0 Å². The molecule has 0 aliphatic heterocycles. The van der Waals surface area contributed by atoms with Crippen molar-refractivity contribution in [2.24, 2.45) is 5.92 Å². The molecule has 3 aromatic rings. The van der Waals surface area contributed by atoms with E-state index in [0.29, 0.717) is 12.1 Å². The highest BCUT2D eigenvalue weighted by atomic mass is 32.2. The van der Waals surface area contributed by atoms with Crippen LogP contribution in [-0.4, -0.2) is 51.4 Å². The molecule has 3 aromatic carbocycles. The van der Waals surface area contributed by atoms with E-state index in [0.717, 1.165) is 9.87 Å². The van der Waals surface area contributed by atoms with Crippen LogP contribution < -0.4 is 14.4 Å². The fourth-order valence-corrected chi connectivity index (χ4v) is 5.43. The fourth-order valence-electron chi connectivity index (χ4n) is 4.01. The van der Waals surface area contributed by atoms with Crippen molar-refractivity contribution in [3.8, 4) is 5.75 Å². The molecule has 10 heteroatoms. The largest absolute Gasteiger partial charge is 0.495 e. The number of anilines is 1. The molecule has 214 valence electrons. The number of carbonyl (C=O) groups is 2. The van der Waals surface area contributed by atoms with Gasteiger partial charge in [0.25, 0.3) is 10.0 Å². The first-order chi connectivity index (χ1) is 18.9. The summed E-state index contributed by atoms with van der Waals surface area (Å²) in [4.78, 5) is 28.3. The average molecular weight is 570 g/mol. The van der Waals surface area contributed by atoms with Crippen LogP contribution in [0.3, 0.4) is 0 Å². The van der Waals surface area contributed by atoms with Crippen LogP contribution in [-0.2, 0) is 26.2 Å². The molecular formula is C30H36FN3O5S. The Bertz CT molecular complexity index is 1410. The lowest BCUT2D eigenvalue weighted by molar-refractivity contribution is -0.139. The lowest BCUT2D eigenvalue weighted by Gasteiger charge is -2.32. The minimum atomic E-state index is -4.22. The Balaban J connectivity index is 2.04. The molecule has 0 saturated carbocycles. The van der Waals surface area contributed by atoms with Gasteiger partial charge in [0.05, 0.1) is 17.7 Å². The van der Waals surface area contributed by atoms with E-state index in [1.165, 1.54) is 48.4 Å². The number of carbonyl (C=O) groups excluding carboxylic acids is 2. The van der Waals surface area contributed by atoms with Crippen molar-refractivity contribution in [2.45, 2.75) is 45.2 Å². The second kappa shape index (κ2) is 13.4. The van der Waals surface area contributed by atoms with E-state index < -0.39 is 34.3 Å². The topological polar surface area (TPSA) is 96.0 Å². The normalized spacial score (nSPS) is 12.1. The van der Waals surface area contributed by atoms with Gasteiger partial charge in [-0.15, -0.1) is 0 Å². The Hall–Kier alpha value is -3.92. The first kappa shape index (κ1) is 30.6. The summed E-state index contributed by atoms with van der Waals surface area (Å²) in [7, 11) is -2.81. The van der Waals surface area contributed by atoms with E-state index in [2.05, 4.69) is 5.32 Å². The number of methoxy groups -OCH3 is 1. The SMILES string of the molecule is COc1ccccc1N(CC(=O)N(Cc1ccc(F)cc1)[C@H](C)C(=O)NCC(C)C)S(=O)(=O)c1ccc(C)cc1. The lowest BCUT2D eigenvalue weighted by atomic mass is 10.1. The molecule has 0 aromatic heterocycles. The summed E-state index contributed by atoms with van der Waals surface area (Å²) in [5, 5.41) is 2.83. The number of hydrogen-bond acceptors (Lipinski definition) is 5. The van der Waals surface area contributed by atoms with Gasteiger partial charge < -0.3 is 15.0 Å². The van der Waals surface area contributed by atoms with Gasteiger partial charge in [0.15, 0.2) is 0 Å². The zero-order valence-electron chi connectivity index (χ0n) is 23.4. The van der Waals surface area contributed by atoms with Crippen molar-refractivity contribution < 1.29 is 27.1 Å². The molecule has 0 unspecified atom stereocenters. The highest BCUT2D eigenvalue weighted by molar-refractivity contribution is 7.92. The maximum atomic E-state index is 13.9. The van der Waals surface area contributed by atoms with Gasteiger partial charge in [-0.25, -0.2) is 12.8 Å². The summed E-state index contributed by atoms with van der Waals surface area (Å²) in [6.45, 7) is 7.12. The molecule has 3 rings (SSSR count). The maximum Gasteiger partial charge on any atom is 0.264 e. The Morgan fingerprint density at radius 1 is 0.950 bits per heavy atom. The van der Waals surface area contributed by atoms with Crippen LogP contribution in [0.15, 0.2) is 77.7 Å². The van der Waals surface area contributed by atoms with E-state index in [-0.39, 0.29) is 34.7 Å². The fraction of sp³-hybridized carbons (Fsp3) is 0.333. The molecule has 0 aliphatic rings. The van der Waals surface area contributed by atoms with Crippen molar-refractivity contribution in [2.75, 3.05) is 24.5 Å². The number of ether oxygens (including phenoxy) is 1. The molecule has 2 amide bonds. The molecule has 1 atom stereocenters. The van der Waals surface area contributed by atoms with E-state index in [1.807, 2.05) is 20.8 Å². The van der Waals surface area contributed by atoms with Crippen LogP contribution in [0.4, 0.5) is 10.1 Å². The summed E-state index contributed by atoms with van der Waals surface area (Å²) in [5.74, 6) is -0.972. The van der Waals surface area contributed by atoms with Gasteiger partial charge in [-0.2, -0.15) is 0 Å². The van der Waals surface area contributed by atoms with Gasteiger partial charge in [0.2, 0.25) is 11.8 Å². The zero-order chi connectivity index (χ0) is 29.4. The zero-order valence-corrected chi connectivity index (χ0v) is 24.2. The van der Waals surface area contributed by atoms with Crippen LogP contribution in [0.5, 0.6) is 5.75 Å². The van der Waals surface area contributed by atoms with Crippen molar-refractivity contribution >= 4 is 27.5 Å². The number of benzene rings is 3. The summed E-state index contributed by atoms with van der Waals surface area (Å²) in [6, 6.07) is 17.5. The second-order valence-corrected chi connectivity index (χ2v) is 11.8. The lowest BCUT2D eigenvalue weighted by Crippen LogP contribution is -2.51. The van der Waals surface area contributed by atoms with Crippen LogP contribution in [0, 0.1) is 18.7 Å². The predicted octanol–water partition coefficient (Wildman–Crippen LogP) is 4.53. The number of para-hydroxylation sites is 2. The minimum Gasteiger partial charge on any atom is -0.495 e. The highest BCUT2D eigenvalue weighted by Crippen LogP contribution is 2.32. The molecule has 1 N–H and O–H groups in total. The summed E-state index contributed by atoms with van der Waals surface area (Å²) in [6.07, 6.45) is 0. The monoisotopic (exact) mass is 569 g/mol. The number of amides is 2. The van der Waals surface area contributed by atoms with Gasteiger partial charge in [-0.1, -0.05) is 55.8 Å². The molecule has 0 heterocycles. The average Bonchev–Trinajstić information content (AvgIpc) is 2.93. The van der Waals surface area contributed by atoms with Gasteiger partial charge in [0, 0.05) is 13.1 Å². The van der Waals surface area contributed by atoms with Crippen LogP contribution in [0.25, 0.3) is 0 Å². The first-order valence-corrected chi connectivity index (χ1v) is 14.4. The quantitative estimate of drug-likeness (QED) is 0.346. The number of nitrogens with zero attached hydrogens (tertiary/aromatic N) is 2. The van der Waals surface area contributed by atoms with Crippen molar-refractivity contribution in [3.63, 3.8) is 0 Å². The first-order valence-electron chi connectivity index (χ1n) is 13.0. The predicted molar refractivity (Wildman–Crippen MR) is 153 cm³/mol. The molecule has 0 saturated heterocycles. The molecule has 0 radical (unpaired) electrons. The Labute approximate surface area is 235 Å². The summed E-state index contributed by atoms with van der Waals surface area (Å²) in [5.41, 5.74) is 1.65. The number of sulfonamides is 1. The third-order valence-electron chi connectivity index (χ3n) is 6.36. The molecule has 8 nitrogen and oxygen atoms in total. The Kier molecular flexibility index (Phi) is 10.3. The third kappa shape index (κ3) is 7.59. The summed E-state index contributed by atoms with van der Waals surface area (Å²) < 4.78 is 47.8. The third-order valence-corrected chi connectivity index (χ3v) is 8.13. The van der Waals surface area contributed by atoms with Crippen molar-refractivity contribution in [3.05, 3.63) is 89.7 Å². The number of halogens is 1. The molecule has 40 heavy (non-hydrogen) atoms.